The van der Waals surface area contributed by atoms with E-state index in [4.69, 9.17) is 8.83 Å². The number of rotatable bonds is 7. The first-order chi connectivity index (χ1) is 42.1. The Morgan fingerprint density at radius 1 is 0.200 bits per heavy atom. The molecule has 85 heavy (non-hydrogen) atoms. The molecule has 0 amide bonds. The van der Waals surface area contributed by atoms with Gasteiger partial charge in [-0.25, -0.2) is 0 Å². The van der Waals surface area contributed by atoms with Gasteiger partial charge < -0.3 is 13.4 Å². The lowest BCUT2D eigenvalue weighted by atomic mass is 9.86. The zero-order chi connectivity index (χ0) is 55.7. The van der Waals surface area contributed by atoms with E-state index < -0.39 is 0 Å². The monoisotopic (exact) mass is 1080 g/mol. The molecule has 18 aromatic rings. The molecule has 0 radical (unpaired) electrons. The Bertz CT molecular complexity index is 5470. The summed E-state index contributed by atoms with van der Waals surface area (Å²) >= 11 is 0. The molecule has 0 unspecified atom stereocenters. The smallest absolute Gasteiger partial charge is 0.143 e. The van der Waals surface area contributed by atoms with E-state index in [9.17, 15) is 0 Å². The van der Waals surface area contributed by atoms with Gasteiger partial charge in [0, 0.05) is 60.3 Å². The van der Waals surface area contributed by atoms with E-state index in [1.807, 2.05) is 0 Å². The van der Waals surface area contributed by atoms with E-state index in [1.54, 1.807) is 0 Å². The van der Waals surface area contributed by atoms with Gasteiger partial charge in [0.1, 0.15) is 22.3 Å². The quantitative estimate of drug-likeness (QED) is 0.149. The third-order valence-corrected chi connectivity index (χ3v) is 18.0. The highest BCUT2D eigenvalue weighted by atomic mass is 16.3. The molecule has 18 rings (SSSR count). The zero-order valence-corrected chi connectivity index (χ0v) is 46.1. The van der Waals surface area contributed by atoms with E-state index >= 15 is 0 Å². The van der Waals surface area contributed by atoms with Gasteiger partial charge in [-0.2, -0.15) is 0 Å². The van der Waals surface area contributed by atoms with Crippen LogP contribution in [0.25, 0.3) is 181 Å². The van der Waals surface area contributed by atoms with Crippen LogP contribution < -0.4 is 0 Å². The standard InChI is InChI=1S/C82H49NO2/c1-2-18-52(19-3-1)77-65-22-8-10-24-67(65)78(68-25-11-9-23-66(68)77)53-38-42-60(43-39-53)83-75-44-40-58(63-28-14-32-71-69-30-12-26-61(79(69)84-81(63)71)56-36-34-50-16-4-6-20-54(50)46-56)48-73(75)74-49-59(41-45-76(74)83)64-29-15-33-72-70-31-13-27-62(80(70)85-82(64)72)57-37-35-51-17-5-7-21-55(51)47-57/h1-49H. The summed E-state index contributed by atoms with van der Waals surface area (Å²) in [6.45, 7) is 0. The highest BCUT2D eigenvalue weighted by molar-refractivity contribution is 6.22. The molecule has 394 valence electrons. The zero-order valence-electron chi connectivity index (χ0n) is 46.1. The molecule has 0 aliphatic rings. The van der Waals surface area contributed by atoms with Crippen LogP contribution in [0.4, 0.5) is 0 Å². The summed E-state index contributed by atoms with van der Waals surface area (Å²) in [5.41, 5.74) is 20.4. The molecule has 0 aliphatic heterocycles. The third kappa shape index (κ3) is 7.34. The lowest BCUT2D eigenvalue weighted by molar-refractivity contribution is 0.670. The van der Waals surface area contributed by atoms with Crippen LogP contribution in [0.2, 0.25) is 0 Å². The predicted octanol–water partition coefficient (Wildman–Crippen LogP) is 23.2. The second-order valence-electron chi connectivity index (χ2n) is 22.6. The van der Waals surface area contributed by atoms with Crippen molar-refractivity contribution in [3.63, 3.8) is 0 Å². The lowest BCUT2D eigenvalue weighted by Crippen LogP contribution is -1.95. The average molecular weight is 1080 g/mol. The maximum atomic E-state index is 7.12. The van der Waals surface area contributed by atoms with Crippen LogP contribution in [0, 0.1) is 0 Å². The minimum atomic E-state index is 0.876. The van der Waals surface area contributed by atoms with Crippen molar-refractivity contribution in [1.29, 1.82) is 0 Å². The van der Waals surface area contributed by atoms with Crippen molar-refractivity contribution < 1.29 is 8.83 Å². The number of furan rings is 2. The molecule has 3 nitrogen and oxygen atoms in total. The Hall–Kier alpha value is -11.3. The van der Waals surface area contributed by atoms with Gasteiger partial charge in [0.05, 0.1) is 11.0 Å². The number of aromatic nitrogens is 1. The molecule has 0 saturated carbocycles. The molecule has 0 N–H and O–H groups in total. The summed E-state index contributed by atoms with van der Waals surface area (Å²) < 4.78 is 16.7. The van der Waals surface area contributed by atoms with Crippen molar-refractivity contribution >= 4 is 109 Å². The first-order valence-corrected chi connectivity index (χ1v) is 29.2. The summed E-state index contributed by atoms with van der Waals surface area (Å²) in [6, 6.07) is 108. The fourth-order valence-corrected chi connectivity index (χ4v) is 14.0. The average Bonchev–Trinajstić information content (AvgIpc) is 2.25. The number of benzene rings is 15. The molecule has 0 saturated heterocycles. The fraction of sp³-hybridized carbons (Fsp3) is 0. The van der Waals surface area contributed by atoms with Gasteiger partial charge >= 0.3 is 0 Å². The topological polar surface area (TPSA) is 31.2 Å². The first kappa shape index (κ1) is 47.4. The Morgan fingerprint density at radius 2 is 0.518 bits per heavy atom. The maximum Gasteiger partial charge on any atom is 0.143 e. The summed E-state index contributed by atoms with van der Waals surface area (Å²) in [4.78, 5) is 0. The van der Waals surface area contributed by atoms with Gasteiger partial charge in [0.2, 0.25) is 0 Å². The molecular weight excluding hydrogens is 1030 g/mol. The van der Waals surface area contributed by atoms with Gasteiger partial charge in [0.15, 0.2) is 0 Å². The molecule has 0 aliphatic carbocycles. The van der Waals surface area contributed by atoms with Crippen molar-refractivity contribution in [2.45, 2.75) is 0 Å². The Balaban J connectivity index is 0.824. The third-order valence-electron chi connectivity index (χ3n) is 18.0. The number of hydrogen-bond acceptors (Lipinski definition) is 2. The molecule has 15 aromatic carbocycles. The highest BCUT2D eigenvalue weighted by Gasteiger charge is 2.23. The summed E-state index contributed by atoms with van der Waals surface area (Å²) in [6.07, 6.45) is 0. The van der Waals surface area contributed by atoms with Crippen molar-refractivity contribution in [1.82, 2.24) is 4.57 Å². The van der Waals surface area contributed by atoms with Gasteiger partial charge in [0.25, 0.3) is 0 Å². The number of fused-ring (bicyclic) bond motifs is 13. The first-order valence-electron chi connectivity index (χ1n) is 29.2. The Kier molecular flexibility index (Phi) is 10.4. The second kappa shape index (κ2) is 18.6. The van der Waals surface area contributed by atoms with Crippen LogP contribution in [-0.4, -0.2) is 4.57 Å². The minimum Gasteiger partial charge on any atom is -0.455 e. The van der Waals surface area contributed by atoms with E-state index in [2.05, 4.69) is 302 Å². The van der Waals surface area contributed by atoms with Gasteiger partial charge in [-0.3, -0.25) is 0 Å². The summed E-state index contributed by atoms with van der Waals surface area (Å²) in [7, 11) is 0. The number of hydrogen-bond donors (Lipinski definition) is 0. The SMILES string of the molecule is c1ccc(-c2c3ccccc3c(-c3ccc(-n4c5ccc(-c6cccc7c6oc6c(-c8ccc9ccccc9c8)cccc67)cc5c5cc(-c6cccc7c6oc6c(-c8ccc9ccccc9c8)cccc67)ccc54)cc3)c3ccccc23)cc1. The van der Waals surface area contributed by atoms with Crippen molar-refractivity contribution in [2.75, 3.05) is 0 Å². The molecule has 3 heteroatoms. The fourth-order valence-electron chi connectivity index (χ4n) is 14.0. The molecule has 0 spiro atoms. The lowest BCUT2D eigenvalue weighted by Gasteiger charge is -2.18. The molecule has 3 aromatic heterocycles. The summed E-state index contributed by atoms with van der Waals surface area (Å²) in [5, 5.41) is 16.5. The van der Waals surface area contributed by atoms with Gasteiger partial charge in [-0.05, 0) is 136 Å². The van der Waals surface area contributed by atoms with Crippen molar-refractivity contribution in [2.24, 2.45) is 0 Å². The van der Waals surface area contributed by atoms with Crippen LogP contribution in [0.15, 0.2) is 306 Å². The largest absolute Gasteiger partial charge is 0.455 e. The number of para-hydroxylation sites is 4. The van der Waals surface area contributed by atoms with Crippen LogP contribution in [0.5, 0.6) is 0 Å². The van der Waals surface area contributed by atoms with E-state index in [-0.39, 0.29) is 0 Å². The van der Waals surface area contributed by atoms with Gasteiger partial charge in [-0.1, -0.05) is 249 Å². The summed E-state index contributed by atoms with van der Waals surface area (Å²) in [5.74, 6) is 0. The van der Waals surface area contributed by atoms with E-state index in [0.717, 1.165) is 116 Å². The van der Waals surface area contributed by atoms with Crippen LogP contribution in [0.3, 0.4) is 0 Å². The van der Waals surface area contributed by atoms with Crippen LogP contribution >= 0.6 is 0 Å². The van der Waals surface area contributed by atoms with E-state index in [0.29, 0.717) is 0 Å². The van der Waals surface area contributed by atoms with Crippen LogP contribution in [0.1, 0.15) is 0 Å². The predicted molar refractivity (Wildman–Crippen MR) is 358 cm³/mol. The maximum absolute atomic E-state index is 7.12. The normalized spacial score (nSPS) is 12.0. The van der Waals surface area contributed by atoms with E-state index in [1.165, 1.54) is 65.3 Å². The second-order valence-corrected chi connectivity index (χ2v) is 22.6. The Morgan fingerprint density at radius 3 is 0.929 bits per heavy atom. The molecule has 0 bridgehead atoms. The molecule has 0 atom stereocenters. The number of nitrogens with zero attached hydrogens (tertiary/aromatic N) is 1. The molecular formula is C82H49NO2. The minimum absolute atomic E-state index is 0.876. The van der Waals surface area contributed by atoms with Gasteiger partial charge in [-0.15, -0.1) is 0 Å². The van der Waals surface area contributed by atoms with Crippen molar-refractivity contribution in [3.8, 4) is 72.4 Å². The Labute approximate surface area is 489 Å². The molecule has 3 heterocycles. The molecule has 0 fully saturated rings. The highest BCUT2D eigenvalue weighted by Crippen LogP contribution is 2.47. The van der Waals surface area contributed by atoms with Crippen LogP contribution in [-0.2, 0) is 0 Å². The van der Waals surface area contributed by atoms with Crippen molar-refractivity contribution in [3.05, 3.63) is 297 Å².